The Morgan fingerprint density at radius 2 is 1.70 bits per heavy atom. The van der Waals surface area contributed by atoms with Gasteiger partial charge in [-0.2, -0.15) is 5.10 Å². The number of imide groups is 1. The highest BCUT2D eigenvalue weighted by Crippen LogP contribution is 2.39. The van der Waals surface area contributed by atoms with E-state index < -0.39 is 17.9 Å². The van der Waals surface area contributed by atoms with Crippen LogP contribution >= 0.6 is 15.9 Å². The molecule has 2 aliphatic heterocycles. The maximum Gasteiger partial charge on any atom is 0.259 e. The van der Waals surface area contributed by atoms with Crippen molar-refractivity contribution in [1.82, 2.24) is 0 Å². The van der Waals surface area contributed by atoms with Crippen LogP contribution in [0.25, 0.3) is 0 Å². The number of hydrogen-bond donors (Lipinski definition) is 0. The summed E-state index contributed by atoms with van der Waals surface area (Å²) in [6, 6.07) is 13.5. The average molecular weight is 426 g/mol. The quantitative estimate of drug-likeness (QED) is 0.708. The Morgan fingerprint density at radius 1 is 1.04 bits per heavy atom. The predicted molar refractivity (Wildman–Crippen MR) is 106 cm³/mol. The summed E-state index contributed by atoms with van der Waals surface area (Å²) in [5.41, 5.74) is 2.23. The summed E-state index contributed by atoms with van der Waals surface area (Å²) >= 11 is 3.35. The molecule has 6 nitrogen and oxygen atoms in total. The number of hydrogen-bond acceptors (Lipinski definition) is 5. The number of fused-ring (bicyclic) bond motifs is 1. The average Bonchev–Trinajstić information content (AvgIpc) is 3.14. The van der Waals surface area contributed by atoms with Gasteiger partial charge in [-0.3, -0.25) is 19.4 Å². The number of para-hydroxylation sites is 1. The molecule has 2 aliphatic rings. The summed E-state index contributed by atoms with van der Waals surface area (Å²) in [4.78, 5) is 39.6. The fraction of sp³-hybridized carbons (Fsp3) is 0.200. The highest BCUT2D eigenvalue weighted by atomic mass is 79.9. The van der Waals surface area contributed by atoms with Crippen molar-refractivity contribution < 1.29 is 14.4 Å². The van der Waals surface area contributed by atoms with Crippen molar-refractivity contribution in [2.75, 3.05) is 9.91 Å². The fourth-order valence-corrected chi connectivity index (χ4v) is 3.83. The molecule has 0 radical (unpaired) electrons. The first-order chi connectivity index (χ1) is 12.9. The molecule has 0 saturated carbocycles. The normalized spacial score (nSPS) is 21.5. The summed E-state index contributed by atoms with van der Waals surface area (Å²) in [6.45, 7) is 3.27. The minimum atomic E-state index is -0.891. The minimum Gasteiger partial charge on any atom is -0.293 e. The molecule has 1 saturated heterocycles. The van der Waals surface area contributed by atoms with Crippen LogP contribution in [-0.4, -0.2) is 29.4 Å². The molecule has 0 aliphatic carbocycles. The molecule has 0 spiro atoms. The first-order valence-corrected chi connectivity index (χ1v) is 9.27. The van der Waals surface area contributed by atoms with Gasteiger partial charge in [0.15, 0.2) is 5.78 Å². The van der Waals surface area contributed by atoms with Crippen LogP contribution in [0.15, 0.2) is 58.1 Å². The standard InChI is InChI=1S/C20H16BrN3O3/c1-11-5-3-4-6-15(11)24-18-16(17(22-24)12(2)25)19(26)23(20(18)27)14-9-7-13(21)8-10-14/h3-10,16,18H,1-2H3/t16-,18-/m0/s1. The molecule has 4 rings (SSSR count). The van der Waals surface area contributed by atoms with E-state index in [0.29, 0.717) is 11.4 Å². The summed E-state index contributed by atoms with van der Waals surface area (Å²) in [5.74, 6) is -1.99. The van der Waals surface area contributed by atoms with Gasteiger partial charge in [-0.05, 0) is 42.8 Å². The van der Waals surface area contributed by atoms with E-state index in [9.17, 15) is 14.4 Å². The van der Waals surface area contributed by atoms with Crippen LogP contribution in [0.2, 0.25) is 0 Å². The Morgan fingerprint density at radius 3 is 2.33 bits per heavy atom. The van der Waals surface area contributed by atoms with Gasteiger partial charge >= 0.3 is 0 Å². The molecular weight excluding hydrogens is 410 g/mol. The second-order valence-electron chi connectivity index (χ2n) is 6.58. The number of hydrazone groups is 1. The maximum absolute atomic E-state index is 13.2. The van der Waals surface area contributed by atoms with E-state index in [0.717, 1.165) is 14.9 Å². The molecule has 2 aromatic rings. The smallest absolute Gasteiger partial charge is 0.259 e. The van der Waals surface area contributed by atoms with Crippen molar-refractivity contribution in [3.63, 3.8) is 0 Å². The number of nitrogens with zero attached hydrogens (tertiary/aromatic N) is 3. The highest BCUT2D eigenvalue weighted by Gasteiger charge is 2.58. The highest BCUT2D eigenvalue weighted by molar-refractivity contribution is 9.10. The van der Waals surface area contributed by atoms with Crippen LogP contribution in [0.4, 0.5) is 11.4 Å². The monoisotopic (exact) mass is 425 g/mol. The number of benzene rings is 2. The van der Waals surface area contributed by atoms with Crippen LogP contribution in [0.3, 0.4) is 0 Å². The second kappa shape index (κ2) is 6.42. The Balaban J connectivity index is 1.82. The molecule has 0 unspecified atom stereocenters. The van der Waals surface area contributed by atoms with Crippen molar-refractivity contribution >= 4 is 50.6 Å². The molecule has 136 valence electrons. The number of carbonyl (C=O) groups is 3. The third kappa shape index (κ3) is 2.70. The van der Waals surface area contributed by atoms with Crippen LogP contribution in [-0.2, 0) is 14.4 Å². The van der Waals surface area contributed by atoms with Crippen LogP contribution < -0.4 is 9.91 Å². The lowest BCUT2D eigenvalue weighted by molar-refractivity contribution is -0.122. The largest absolute Gasteiger partial charge is 0.293 e. The van der Waals surface area contributed by atoms with Gasteiger partial charge in [0.05, 0.1) is 11.4 Å². The molecule has 2 amide bonds. The lowest BCUT2D eigenvalue weighted by atomic mass is 9.95. The number of aryl methyl sites for hydroxylation is 1. The van der Waals surface area contributed by atoms with E-state index in [1.54, 1.807) is 24.3 Å². The van der Waals surface area contributed by atoms with Crippen molar-refractivity contribution in [2.45, 2.75) is 19.9 Å². The Hall–Kier alpha value is -2.80. The van der Waals surface area contributed by atoms with Gasteiger partial charge < -0.3 is 0 Å². The minimum absolute atomic E-state index is 0.126. The van der Waals surface area contributed by atoms with Crippen molar-refractivity contribution in [1.29, 1.82) is 0 Å². The maximum atomic E-state index is 13.2. The number of amides is 2. The van der Waals surface area contributed by atoms with Crippen LogP contribution in [0, 0.1) is 12.8 Å². The van der Waals surface area contributed by atoms with E-state index in [2.05, 4.69) is 21.0 Å². The van der Waals surface area contributed by atoms with E-state index in [1.165, 1.54) is 11.9 Å². The van der Waals surface area contributed by atoms with E-state index in [-0.39, 0.29) is 17.4 Å². The number of rotatable bonds is 3. The lowest BCUT2D eigenvalue weighted by Gasteiger charge is -2.23. The number of carbonyl (C=O) groups excluding carboxylic acids is 3. The molecule has 27 heavy (non-hydrogen) atoms. The summed E-state index contributed by atoms with van der Waals surface area (Å²) in [5, 5.41) is 5.89. The van der Waals surface area contributed by atoms with Crippen molar-refractivity contribution in [2.24, 2.45) is 11.0 Å². The predicted octanol–water partition coefficient (Wildman–Crippen LogP) is 3.08. The first kappa shape index (κ1) is 17.6. The van der Waals surface area contributed by atoms with Crippen LogP contribution in [0.1, 0.15) is 12.5 Å². The van der Waals surface area contributed by atoms with Crippen molar-refractivity contribution in [3.05, 3.63) is 58.6 Å². The van der Waals surface area contributed by atoms with E-state index in [1.807, 2.05) is 31.2 Å². The van der Waals surface area contributed by atoms with Gasteiger partial charge in [-0.1, -0.05) is 34.1 Å². The van der Waals surface area contributed by atoms with Gasteiger partial charge in [0.2, 0.25) is 5.91 Å². The van der Waals surface area contributed by atoms with Crippen molar-refractivity contribution in [3.8, 4) is 0 Å². The lowest BCUT2D eigenvalue weighted by Crippen LogP contribution is -2.39. The van der Waals surface area contributed by atoms with Gasteiger partial charge in [0.1, 0.15) is 17.7 Å². The molecule has 0 bridgehead atoms. The zero-order valence-corrected chi connectivity index (χ0v) is 16.3. The van der Waals surface area contributed by atoms with Gasteiger partial charge in [0.25, 0.3) is 5.91 Å². The number of ketones is 1. The zero-order chi connectivity index (χ0) is 19.3. The SMILES string of the molecule is CC(=O)C1=NN(c2ccccc2C)[C@@H]2C(=O)N(c3ccc(Br)cc3)C(=O)[C@@H]12. The van der Waals surface area contributed by atoms with E-state index in [4.69, 9.17) is 0 Å². The zero-order valence-electron chi connectivity index (χ0n) is 14.7. The molecular formula is C20H16BrN3O3. The Kier molecular flexibility index (Phi) is 4.19. The van der Waals surface area contributed by atoms with E-state index >= 15 is 0 Å². The second-order valence-corrected chi connectivity index (χ2v) is 7.50. The number of Topliss-reactive ketones (excluding diaryl/α,β-unsaturated/α-hetero) is 1. The molecule has 7 heteroatoms. The van der Waals surface area contributed by atoms with Gasteiger partial charge in [0, 0.05) is 11.4 Å². The summed E-state index contributed by atoms with van der Waals surface area (Å²) in [6.07, 6.45) is 0. The number of halogens is 1. The topological polar surface area (TPSA) is 70.1 Å². The van der Waals surface area contributed by atoms with Crippen LogP contribution in [0.5, 0.6) is 0 Å². The summed E-state index contributed by atoms with van der Waals surface area (Å²) < 4.78 is 0.845. The molecule has 0 N–H and O–H groups in total. The third-order valence-corrected chi connectivity index (χ3v) is 5.39. The Labute approximate surface area is 164 Å². The first-order valence-electron chi connectivity index (χ1n) is 8.48. The molecule has 2 heterocycles. The van der Waals surface area contributed by atoms with Gasteiger partial charge in [-0.15, -0.1) is 0 Å². The fourth-order valence-electron chi connectivity index (χ4n) is 3.57. The van der Waals surface area contributed by atoms with Gasteiger partial charge in [-0.25, -0.2) is 4.90 Å². The molecule has 2 atom stereocenters. The molecule has 0 aromatic heterocycles. The third-order valence-electron chi connectivity index (χ3n) is 4.86. The Bertz CT molecular complexity index is 1000. The molecule has 2 aromatic carbocycles. The summed E-state index contributed by atoms with van der Waals surface area (Å²) in [7, 11) is 0. The number of anilines is 2. The molecule has 1 fully saturated rings.